The van der Waals surface area contributed by atoms with Crippen LogP contribution in [0.15, 0.2) is 15.9 Å². The van der Waals surface area contributed by atoms with Gasteiger partial charge in [0.25, 0.3) is 0 Å². The lowest BCUT2D eigenvalue weighted by Crippen LogP contribution is -2.41. The number of aromatic nitrogens is 1. The van der Waals surface area contributed by atoms with Crippen LogP contribution < -0.4 is 5.32 Å². The van der Waals surface area contributed by atoms with E-state index in [0.717, 1.165) is 36.1 Å². The molecule has 0 spiro atoms. The molecule has 1 N–H and O–H groups in total. The van der Waals surface area contributed by atoms with Crippen LogP contribution in [0.3, 0.4) is 0 Å². The van der Waals surface area contributed by atoms with E-state index in [9.17, 15) is 4.79 Å². The molecule has 1 aromatic heterocycles. The smallest absolute Gasteiger partial charge is 0.222 e. The molecule has 1 fully saturated rings. The van der Waals surface area contributed by atoms with Gasteiger partial charge < -0.3 is 10.2 Å². The van der Waals surface area contributed by atoms with E-state index in [2.05, 4.69) is 22.1 Å². The number of rotatable bonds is 13. The number of likely N-dealkylation sites (tertiary alicyclic amines) is 1. The Balaban J connectivity index is 1.56. The van der Waals surface area contributed by atoms with E-state index in [0.29, 0.717) is 18.4 Å². The topological polar surface area (TPSA) is 45.2 Å². The molecule has 24 heavy (non-hydrogen) atoms. The molecule has 1 saturated heterocycles. The Kier molecular flexibility index (Phi) is 9.76. The van der Waals surface area contributed by atoms with Crippen LogP contribution in [-0.2, 0) is 4.79 Å². The average Bonchev–Trinajstić information content (AvgIpc) is 3.21. The Morgan fingerprint density at radius 2 is 2.17 bits per heavy atom. The third kappa shape index (κ3) is 7.11. The number of thiazole rings is 1. The van der Waals surface area contributed by atoms with Crippen LogP contribution in [0.1, 0.15) is 58.3 Å². The Bertz CT molecular complexity index is 453. The predicted molar refractivity (Wildman–Crippen MR) is 104 cm³/mol. The van der Waals surface area contributed by atoms with E-state index in [1.165, 1.54) is 38.5 Å². The molecular weight excluding hydrogens is 338 g/mol. The van der Waals surface area contributed by atoms with Crippen molar-refractivity contribution in [1.82, 2.24) is 15.2 Å². The fourth-order valence-electron chi connectivity index (χ4n) is 3.12. The lowest BCUT2D eigenvalue weighted by Gasteiger charge is -2.25. The molecule has 0 bridgehead atoms. The molecule has 1 aliphatic heterocycles. The molecule has 0 saturated carbocycles. The molecule has 2 heterocycles. The van der Waals surface area contributed by atoms with Gasteiger partial charge in [0.05, 0.1) is 0 Å². The van der Waals surface area contributed by atoms with Crippen molar-refractivity contribution in [1.29, 1.82) is 0 Å². The third-order valence-corrected chi connectivity index (χ3v) is 6.45. The predicted octanol–water partition coefficient (Wildman–Crippen LogP) is 4.18. The second-order valence-electron chi connectivity index (χ2n) is 6.40. The van der Waals surface area contributed by atoms with E-state index >= 15 is 0 Å². The van der Waals surface area contributed by atoms with Crippen molar-refractivity contribution in [2.45, 2.75) is 68.7 Å². The minimum atomic E-state index is 0.320. The normalized spacial score (nSPS) is 17.8. The highest BCUT2D eigenvalue weighted by atomic mass is 32.2. The van der Waals surface area contributed by atoms with Crippen LogP contribution in [0.25, 0.3) is 0 Å². The highest BCUT2D eigenvalue weighted by molar-refractivity contribution is 8.01. The quantitative estimate of drug-likeness (QED) is 0.418. The highest BCUT2D eigenvalue weighted by Gasteiger charge is 2.29. The maximum atomic E-state index is 12.1. The summed E-state index contributed by atoms with van der Waals surface area (Å²) in [5.41, 5.74) is 0. The molecule has 4 nitrogen and oxygen atoms in total. The Hall–Kier alpha value is -0.590. The number of hydrogen-bond acceptors (Lipinski definition) is 5. The molecule has 1 atom stereocenters. The van der Waals surface area contributed by atoms with E-state index in [4.69, 9.17) is 0 Å². The van der Waals surface area contributed by atoms with Crippen LogP contribution in [-0.4, -0.2) is 47.2 Å². The lowest BCUT2D eigenvalue weighted by atomic mass is 10.1. The molecule has 2 rings (SSSR count). The second kappa shape index (κ2) is 11.9. The number of nitrogens with zero attached hydrogens (tertiary/aromatic N) is 2. The summed E-state index contributed by atoms with van der Waals surface area (Å²) in [5, 5.41) is 5.56. The third-order valence-electron chi connectivity index (χ3n) is 4.51. The van der Waals surface area contributed by atoms with Crippen molar-refractivity contribution in [3.05, 3.63) is 11.6 Å². The number of amides is 1. The van der Waals surface area contributed by atoms with E-state index in [1.54, 1.807) is 23.1 Å². The molecule has 1 aliphatic rings. The molecular formula is C18H31N3OS2. The number of thioether (sulfide) groups is 1. The highest BCUT2D eigenvalue weighted by Crippen LogP contribution is 2.23. The van der Waals surface area contributed by atoms with Crippen LogP contribution in [0, 0.1) is 0 Å². The first-order valence-electron chi connectivity index (χ1n) is 9.33. The van der Waals surface area contributed by atoms with E-state index < -0.39 is 0 Å². The SMILES string of the molecule is CCCCCCCCNC[C@H]1CCC(=O)N1CCSc1nccs1. The summed E-state index contributed by atoms with van der Waals surface area (Å²) in [6.45, 7) is 5.12. The number of carbonyl (C=O) groups is 1. The molecule has 0 aromatic carbocycles. The van der Waals surface area contributed by atoms with Crippen molar-refractivity contribution in [3.8, 4) is 0 Å². The second-order valence-corrected chi connectivity index (χ2v) is 8.63. The largest absolute Gasteiger partial charge is 0.338 e. The summed E-state index contributed by atoms with van der Waals surface area (Å²) in [4.78, 5) is 18.4. The van der Waals surface area contributed by atoms with Crippen LogP contribution in [0.5, 0.6) is 0 Å². The van der Waals surface area contributed by atoms with Gasteiger partial charge >= 0.3 is 0 Å². The minimum Gasteiger partial charge on any atom is -0.338 e. The molecule has 1 aromatic rings. The van der Waals surface area contributed by atoms with Gasteiger partial charge in [-0.2, -0.15) is 0 Å². The van der Waals surface area contributed by atoms with Crippen molar-refractivity contribution in [2.75, 3.05) is 25.4 Å². The number of nitrogens with one attached hydrogen (secondary N) is 1. The summed E-state index contributed by atoms with van der Waals surface area (Å²) in [5.74, 6) is 1.26. The standard InChI is InChI=1S/C18H31N3OS2/c1-2-3-4-5-6-7-10-19-15-16-8-9-17(22)21(16)12-14-24-18-20-11-13-23-18/h11,13,16,19H,2-10,12,14-15H2,1H3/t16-/m1/s1. The zero-order valence-corrected chi connectivity index (χ0v) is 16.5. The van der Waals surface area contributed by atoms with Gasteiger partial charge in [-0.1, -0.05) is 50.8 Å². The van der Waals surface area contributed by atoms with E-state index in [1.807, 2.05) is 11.6 Å². The first kappa shape index (κ1) is 19.7. The summed E-state index contributed by atoms with van der Waals surface area (Å²) >= 11 is 3.42. The first-order chi connectivity index (χ1) is 11.8. The van der Waals surface area contributed by atoms with Crippen LogP contribution in [0.4, 0.5) is 0 Å². The van der Waals surface area contributed by atoms with Gasteiger partial charge in [0.1, 0.15) is 4.34 Å². The lowest BCUT2D eigenvalue weighted by molar-refractivity contribution is -0.128. The van der Waals surface area contributed by atoms with Gasteiger partial charge in [-0.05, 0) is 19.4 Å². The Morgan fingerprint density at radius 3 is 2.96 bits per heavy atom. The Labute approximate surface area is 154 Å². The number of hydrogen-bond donors (Lipinski definition) is 1. The monoisotopic (exact) mass is 369 g/mol. The van der Waals surface area contributed by atoms with Gasteiger partial charge in [0, 0.05) is 42.9 Å². The maximum absolute atomic E-state index is 12.1. The molecule has 0 aliphatic carbocycles. The molecule has 0 radical (unpaired) electrons. The zero-order chi connectivity index (χ0) is 17.0. The minimum absolute atomic E-state index is 0.320. The van der Waals surface area contributed by atoms with Gasteiger partial charge in [0.2, 0.25) is 5.91 Å². The van der Waals surface area contributed by atoms with Crippen LogP contribution in [0.2, 0.25) is 0 Å². The molecule has 0 unspecified atom stereocenters. The fraction of sp³-hybridized carbons (Fsp3) is 0.778. The molecule has 6 heteroatoms. The van der Waals surface area contributed by atoms with Gasteiger partial charge in [0.15, 0.2) is 0 Å². The van der Waals surface area contributed by atoms with Crippen molar-refractivity contribution >= 4 is 29.0 Å². The maximum Gasteiger partial charge on any atom is 0.222 e. The summed E-state index contributed by atoms with van der Waals surface area (Å²) in [7, 11) is 0. The fourth-order valence-corrected chi connectivity index (χ4v) is 4.77. The summed E-state index contributed by atoms with van der Waals surface area (Å²) in [6.07, 6.45) is 11.5. The van der Waals surface area contributed by atoms with Crippen molar-refractivity contribution < 1.29 is 4.79 Å². The van der Waals surface area contributed by atoms with Crippen LogP contribution >= 0.6 is 23.1 Å². The van der Waals surface area contributed by atoms with Crippen molar-refractivity contribution in [2.24, 2.45) is 0 Å². The Morgan fingerprint density at radius 1 is 1.33 bits per heavy atom. The van der Waals surface area contributed by atoms with Crippen molar-refractivity contribution in [3.63, 3.8) is 0 Å². The first-order valence-corrected chi connectivity index (χ1v) is 11.2. The number of carbonyl (C=O) groups excluding carboxylic acids is 1. The van der Waals surface area contributed by atoms with E-state index in [-0.39, 0.29) is 0 Å². The summed E-state index contributed by atoms with van der Waals surface area (Å²) < 4.78 is 1.10. The number of unbranched alkanes of at least 4 members (excludes halogenated alkanes) is 5. The average molecular weight is 370 g/mol. The van der Waals surface area contributed by atoms with Gasteiger partial charge in [-0.15, -0.1) is 11.3 Å². The van der Waals surface area contributed by atoms with Gasteiger partial charge in [-0.3, -0.25) is 4.79 Å². The molecule has 1 amide bonds. The zero-order valence-electron chi connectivity index (χ0n) is 14.8. The van der Waals surface area contributed by atoms with Gasteiger partial charge in [-0.25, -0.2) is 4.98 Å². The molecule has 136 valence electrons. The summed E-state index contributed by atoms with van der Waals surface area (Å²) in [6, 6.07) is 0.384.